The predicted molar refractivity (Wildman–Crippen MR) is 119 cm³/mol. The maximum absolute atomic E-state index is 12.8. The first kappa shape index (κ1) is 20.9. The molecule has 0 spiro atoms. The number of carbonyl (C=O) groups excluding carboxylic acids is 1. The molecule has 28 heavy (non-hydrogen) atoms. The predicted octanol–water partition coefficient (Wildman–Crippen LogP) is 5.24. The number of rotatable bonds is 7. The molecule has 0 saturated heterocycles. The highest BCUT2D eigenvalue weighted by molar-refractivity contribution is 7.99. The van der Waals surface area contributed by atoms with Crippen molar-refractivity contribution in [2.45, 2.75) is 25.0 Å². The molecule has 146 valence electrons. The van der Waals surface area contributed by atoms with Crippen LogP contribution in [0.1, 0.15) is 11.8 Å². The molecule has 9 heteroatoms. The van der Waals surface area contributed by atoms with Crippen LogP contribution in [0.2, 0.25) is 10.0 Å². The quantitative estimate of drug-likeness (QED) is 0.301. The first-order chi connectivity index (χ1) is 13.4. The topological polar surface area (TPSA) is 64.0 Å². The van der Waals surface area contributed by atoms with Gasteiger partial charge in [0, 0.05) is 16.4 Å². The molecule has 0 bridgehead atoms. The Bertz CT molecular complexity index is 1110. The third-order valence-electron chi connectivity index (χ3n) is 3.86. The van der Waals surface area contributed by atoms with Crippen LogP contribution < -0.4 is 10.9 Å². The monoisotopic (exact) mass is 453 g/mol. The van der Waals surface area contributed by atoms with Gasteiger partial charge in [-0.3, -0.25) is 14.2 Å². The summed E-state index contributed by atoms with van der Waals surface area (Å²) in [5.41, 5.74) is 0.319. The van der Waals surface area contributed by atoms with Crippen molar-refractivity contribution in [3.63, 3.8) is 0 Å². The number of allylic oxidation sites excluding steroid dienone is 1. The molecular weight excluding hydrogens is 437 g/mol. The van der Waals surface area contributed by atoms with Gasteiger partial charge in [-0.1, -0.05) is 48.0 Å². The molecule has 0 radical (unpaired) electrons. The molecule has 3 rings (SSSR count). The number of nitrogens with one attached hydrogen (secondary N) is 1. The summed E-state index contributed by atoms with van der Waals surface area (Å²) in [4.78, 5) is 31.6. The van der Waals surface area contributed by atoms with Crippen molar-refractivity contribution in [2.75, 3.05) is 11.1 Å². The van der Waals surface area contributed by atoms with Gasteiger partial charge in [0.15, 0.2) is 5.16 Å². The van der Waals surface area contributed by atoms with E-state index in [1.165, 1.54) is 27.7 Å². The summed E-state index contributed by atoms with van der Waals surface area (Å²) in [7, 11) is 0. The minimum absolute atomic E-state index is 0.0734. The zero-order valence-electron chi connectivity index (χ0n) is 15.0. The van der Waals surface area contributed by atoms with E-state index in [9.17, 15) is 9.59 Å². The number of halogens is 2. The number of thioether (sulfide) groups is 1. The normalized spacial score (nSPS) is 11.0. The molecule has 2 heterocycles. The number of fused-ring (bicyclic) bond motifs is 1. The van der Waals surface area contributed by atoms with E-state index >= 15 is 0 Å². The molecule has 0 saturated carbocycles. The second-order valence-corrected chi connectivity index (χ2v) is 8.75. The van der Waals surface area contributed by atoms with Crippen molar-refractivity contribution < 1.29 is 4.79 Å². The summed E-state index contributed by atoms with van der Waals surface area (Å²) in [5, 5.41) is 4.69. The van der Waals surface area contributed by atoms with Gasteiger partial charge in [-0.2, -0.15) is 0 Å². The fourth-order valence-electron chi connectivity index (χ4n) is 2.53. The third kappa shape index (κ3) is 4.60. The number of amides is 1. The summed E-state index contributed by atoms with van der Waals surface area (Å²) in [5.74, 6) is -0.196. The second kappa shape index (κ2) is 9.13. The first-order valence-corrected chi connectivity index (χ1v) is 11.0. The summed E-state index contributed by atoms with van der Waals surface area (Å²) >= 11 is 14.7. The van der Waals surface area contributed by atoms with Crippen LogP contribution >= 0.6 is 46.3 Å². The number of aromatic nitrogens is 2. The highest BCUT2D eigenvalue weighted by Gasteiger charge is 2.15. The van der Waals surface area contributed by atoms with Crippen molar-refractivity contribution in [1.29, 1.82) is 0 Å². The van der Waals surface area contributed by atoms with Crippen molar-refractivity contribution in [2.24, 2.45) is 0 Å². The Morgan fingerprint density at radius 3 is 2.89 bits per heavy atom. The Morgan fingerprint density at radius 2 is 2.18 bits per heavy atom. The summed E-state index contributed by atoms with van der Waals surface area (Å²) in [6, 6.07) is 6.73. The van der Waals surface area contributed by atoms with Crippen molar-refractivity contribution in [1.82, 2.24) is 9.55 Å². The average Bonchev–Trinajstić information content (AvgIpc) is 3.09. The highest BCUT2D eigenvalue weighted by Crippen LogP contribution is 2.27. The Kier molecular flexibility index (Phi) is 6.82. The van der Waals surface area contributed by atoms with Gasteiger partial charge in [-0.25, -0.2) is 4.98 Å². The lowest BCUT2D eigenvalue weighted by molar-refractivity contribution is -0.113. The van der Waals surface area contributed by atoms with E-state index in [2.05, 4.69) is 16.9 Å². The van der Waals surface area contributed by atoms with Gasteiger partial charge in [0.1, 0.15) is 4.83 Å². The number of nitrogens with zero attached hydrogens (tertiary/aromatic N) is 2. The number of hydrogen-bond acceptors (Lipinski definition) is 5. The molecule has 0 aliphatic heterocycles. The van der Waals surface area contributed by atoms with Crippen LogP contribution in [0.15, 0.2) is 46.9 Å². The lowest BCUT2D eigenvalue weighted by Crippen LogP contribution is -2.23. The van der Waals surface area contributed by atoms with Crippen LogP contribution in [0.3, 0.4) is 0 Å². The van der Waals surface area contributed by atoms with Crippen LogP contribution in [-0.2, 0) is 17.8 Å². The number of hydrogen-bond donors (Lipinski definition) is 1. The summed E-state index contributed by atoms with van der Waals surface area (Å²) in [6.45, 7) is 6.07. The Morgan fingerprint density at radius 1 is 1.39 bits per heavy atom. The van der Waals surface area contributed by atoms with E-state index < -0.39 is 0 Å². The van der Waals surface area contributed by atoms with Gasteiger partial charge in [0.25, 0.3) is 5.56 Å². The highest BCUT2D eigenvalue weighted by atomic mass is 35.5. The maximum Gasteiger partial charge on any atom is 0.263 e. The lowest BCUT2D eigenvalue weighted by atomic mass is 10.3. The smallest absolute Gasteiger partial charge is 0.263 e. The van der Waals surface area contributed by atoms with Crippen LogP contribution in [0.25, 0.3) is 10.2 Å². The minimum atomic E-state index is -0.269. The molecule has 0 aliphatic carbocycles. The molecule has 0 unspecified atom stereocenters. The standard InChI is InChI=1S/C19H17Cl2N3O2S2/c1-3-7-24-18(26)13-9-12(4-2)28-17(13)23-19(24)27-10-16(25)22-15-8-11(20)5-6-14(15)21/h3,5-6,8-9H,1,4,7,10H2,2H3,(H,22,25). The second-order valence-electron chi connectivity index (χ2n) is 5.84. The fraction of sp³-hybridized carbons (Fsp3) is 0.211. The third-order valence-corrected chi connectivity index (χ3v) is 6.58. The van der Waals surface area contributed by atoms with Crippen LogP contribution in [-0.4, -0.2) is 21.2 Å². The molecule has 1 amide bonds. The van der Waals surface area contributed by atoms with Crippen molar-refractivity contribution in [3.8, 4) is 0 Å². The first-order valence-electron chi connectivity index (χ1n) is 8.44. The Balaban J connectivity index is 1.83. The van der Waals surface area contributed by atoms with E-state index in [1.54, 1.807) is 24.3 Å². The molecule has 1 N–H and O–H groups in total. The van der Waals surface area contributed by atoms with Crippen LogP contribution in [0, 0.1) is 0 Å². The van der Waals surface area contributed by atoms with Gasteiger partial charge >= 0.3 is 0 Å². The molecule has 0 atom stereocenters. The number of thiophene rings is 1. The minimum Gasteiger partial charge on any atom is -0.324 e. The largest absolute Gasteiger partial charge is 0.324 e. The Hall–Kier alpha value is -1.80. The van der Waals surface area contributed by atoms with E-state index in [-0.39, 0.29) is 17.2 Å². The van der Waals surface area contributed by atoms with E-state index in [0.717, 1.165) is 11.3 Å². The van der Waals surface area contributed by atoms with Crippen LogP contribution in [0.5, 0.6) is 0 Å². The SMILES string of the molecule is C=CCn1c(SCC(=O)Nc2cc(Cl)ccc2Cl)nc2sc(CC)cc2c1=O. The van der Waals surface area contributed by atoms with Crippen LogP contribution in [0.4, 0.5) is 5.69 Å². The molecular formula is C19H17Cl2N3O2S2. The fourth-order valence-corrected chi connectivity index (χ4v) is 4.69. The molecule has 0 aliphatic rings. The number of aryl methyl sites for hydroxylation is 1. The van der Waals surface area contributed by atoms with E-state index in [0.29, 0.717) is 37.7 Å². The summed E-state index contributed by atoms with van der Waals surface area (Å²) in [6.07, 6.45) is 2.48. The summed E-state index contributed by atoms with van der Waals surface area (Å²) < 4.78 is 1.53. The van der Waals surface area contributed by atoms with Gasteiger partial charge in [0.05, 0.1) is 21.8 Å². The molecule has 0 fully saturated rings. The number of carbonyl (C=O) groups is 1. The molecule has 5 nitrogen and oxygen atoms in total. The number of anilines is 1. The zero-order valence-corrected chi connectivity index (χ0v) is 18.1. The zero-order chi connectivity index (χ0) is 20.3. The van der Waals surface area contributed by atoms with Gasteiger partial charge < -0.3 is 5.32 Å². The van der Waals surface area contributed by atoms with Crippen molar-refractivity contribution >= 4 is 68.1 Å². The van der Waals surface area contributed by atoms with Gasteiger partial charge in [-0.05, 0) is 30.7 Å². The van der Waals surface area contributed by atoms with Gasteiger partial charge in [-0.15, -0.1) is 17.9 Å². The number of benzene rings is 1. The molecule has 3 aromatic rings. The maximum atomic E-state index is 12.8. The van der Waals surface area contributed by atoms with E-state index in [4.69, 9.17) is 23.2 Å². The molecule has 2 aromatic heterocycles. The lowest BCUT2D eigenvalue weighted by Gasteiger charge is -2.11. The molecule has 1 aromatic carbocycles. The average molecular weight is 454 g/mol. The van der Waals surface area contributed by atoms with Crippen molar-refractivity contribution in [3.05, 3.63) is 62.2 Å². The Labute approximate surface area is 180 Å². The van der Waals surface area contributed by atoms with E-state index in [1.807, 2.05) is 13.0 Å². The van der Waals surface area contributed by atoms with Gasteiger partial charge in [0.2, 0.25) is 5.91 Å².